The number of hydrogen-bond acceptors (Lipinski definition) is 3. The molecule has 0 N–H and O–H groups in total. The van der Waals surface area contributed by atoms with Crippen molar-refractivity contribution in [1.29, 1.82) is 5.26 Å². The van der Waals surface area contributed by atoms with E-state index in [4.69, 9.17) is 9.97 Å². The average Bonchev–Trinajstić information content (AvgIpc) is 3.00. The largest absolute Gasteiger partial charge is 0.228 e. The van der Waals surface area contributed by atoms with Gasteiger partial charge in [0.05, 0.1) is 22.8 Å². The van der Waals surface area contributed by atoms with Crippen LogP contribution in [0.1, 0.15) is 24.1 Å². The van der Waals surface area contributed by atoms with E-state index in [-0.39, 0.29) is 0 Å². The third-order valence-corrected chi connectivity index (χ3v) is 7.27. The van der Waals surface area contributed by atoms with Gasteiger partial charge in [-0.05, 0) is 81.4 Å². The quantitative estimate of drug-likeness (QED) is 0.235. The number of nitriles is 1. The Kier molecular flexibility index (Phi) is 5.31. The maximum absolute atomic E-state index is 9.99. The number of benzene rings is 5. The summed E-state index contributed by atoms with van der Waals surface area (Å²) in [5.41, 5.74) is 6.45. The highest BCUT2D eigenvalue weighted by Crippen LogP contribution is 2.37. The van der Waals surface area contributed by atoms with Crippen LogP contribution in [0, 0.1) is 11.3 Å². The molecule has 1 aliphatic carbocycles. The fourth-order valence-electron chi connectivity index (χ4n) is 5.48. The fourth-order valence-corrected chi connectivity index (χ4v) is 5.48. The molecule has 0 radical (unpaired) electrons. The van der Waals surface area contributed by atoms with Crippen molar-refractivity contribution in [2.45, 2.75) is 12.8 Å². The zero-order valence-corrected chi connectivity index (χ0v) is 20.7. The highest BCUT2D eigenvalue weighted by molar-refractivity contribution is 6.14. The van der Waals surface area contributed by atoms with Crippen LogP contribution in [0.4, 0.5) is 0 Å². The number of hydrogen-bond donors (Lipinski definition) is 0. The topological polar surface area (TPSA) is 49.6 Å². The fraction of sp³-hybridized carbons (Fsp3) is 0.0571. The summed E-state index contributed by atoms with van der Waals surface area (Å²) in [7, 11) is 0. The highest BCUT2D eigenvalue weighted by atomic mass is 14.9. The van der Waals surface area contributed by atoms with Crippen LogP contribution in [0.25, 0.3) is 60.5 Å². The van der Waals surface area contributed by atoms with Crippen molar-refractivity contribution in [3.05, 3.63) is 127 Å². The maximum atomic E-state index is 9.99. The standard InChI is InChI=1S/C35H23N3/c36-22-23-18-26(32-21-25-12-4-5-13-28(25)29-14-6-7-15-30(29)32)20-27(19-23)35-37-33-17-9-8-16-31(33)34(38-35)24-10-2-1-3-11-24/h2,4-21H,1,3H2. The molecule has 0 atom stereocenters. The zero-order valence-electron chi connectivity index (χ0n) is 20.7. The lowest BCUT2D eigenvalue weighted by atomic mass is 9.91. The molecule has 0 aliphatic heterocycles. The molecule has 0 bridgehead atoms. The van der Waals surface area contributed by atoms with Crippen molar-refractivity contribution in [2.24, 2.45) is 0 Å². The van der Waals surface area contributed by atoms with Crippen molar-refractivity contribution in [1.82, 2.24) is 9.97 Å². The minimum atomic E-state index is 0.588. The Labute approximate surface area is 221 Å². The van der Waals surface area contributed by atoms with Gasteiger partial charge in [0.25, 0.3) is 0 Å². The first-order valence-corrected chi connectivity index (χ1v) is 12.9. The minimum Gasteiger partial charge on any atom is -0.228 e. The van der Waals surface area contributed by atoms with Gasteiger partial charge in [0.15, 0.2) is 5.82 Å². The molecular weight excluding hydrogens is 462 g/mol. The summed E-state index contributed by atoms with van der Waals surface area (Å²) in [6.07, 6.45) is 8.65. The molecule has 0 saturated heterocycles. The Morgan fingerprint density at radius 1 is 0.658 bits per heavy atom. The second-order valence-electron chi connectivity index (χ2n) is 9.65. The van der Waals surface area contributed by atoms with Crippen molar-refractivity contribution in [2.75, 3.05) is 0 Å². The molecule has 178 valence electrons. The second-order valence-corrected chi connectivity index (χ2v) is 9.65. The average molecular weight is 486 g/mol. The third-order valence-electron chi connectivity index (χ3n) is 7.27. The Hall–Kier alpha value is -5.07. The monoisotopic (exact) mass is 485 g/mol. The molecule has 0 spiro atoms. The number of fused-ring (bicyclic) bond motifs is 4. The van der Waals surface area contributed by atoms with E-state index in [0.29, 0.717) is 11.4 Å². The molecule has 38 heavy (non-hydrogen) atoms. The van der Waals surface area contributed by atoms with Crippen molar-refractivity contribution in [3.8, 4) is 28.6 Å². The van der Waals surface area contributed by atoms with Gasteiger partial charge in [0.2, 0.25) is 0 Å². The van der Waals surface area contributed by atoms with Gasteiger partial charge in [-0.25, -0.2) is 9.97 Å². The minimum absolute atomic E-state index is 0.588. The van der Waals surface area contributed by atoms with Crippen LogP contribution < -0.4 is 0 Å². The predicted octanol–water partition coefficient (Wildman–Crippen LogP) is 8.88. The van der Waals surface area contributed by atoms with Gasteiger partial charge in [-0.2, -0.15) is 5.26 Å². The smallest absolute Gasteiger partial charge is 0.160 e. The molecule has 1 aliphatic rings. The first-order chi connectivity index (χ1) is 18.8. The van der Waals surface area contributed by atoms with E-state index >= 15 is 0 Å². The molecule has 0 saturated carbocycles. The van der Waals surface area contributed by atoms with Gasteiger partial charge in [-0.1, -0.05) is 85.0 Å². The first-order valence-electron chi connectivity index (χ1n) is 12.9. The Bertz CT molecular complexity index is 1990. The van der Waals surface area contributed by atoms with Crippen LogP contribution in [0.5, 0.6) is 0 Å². The van der Waals surface area contributed by atoms with Gasteiger partial charge in [-0.3, -0.25) is 0 Å². The molecular formula is C35H23N3. The van der Waals surface area contributed by atoms with E-state index in [0.717, 1.165) is 57.1 Å². The van der Waals surface area contributed by atoms with Crippen LogP contribution in [0.15, 0.2) is 115 Å². The molecule has 0 unspecified atom stereocenters. The van der Waals surface area contributed by atoms with Crippen LogP contribution in [0.2, 0.25) is 0 Å². The Morgan fingerprint density at radius 3 is 2.21 bits per heavy atom. The third kappa shape index (κ3) is 3.75. The molecule has 3 nitrogen and oxygen atoms in total. The van der Waals surface area contributed by atoms with Crippen molar-refractivity contribution >= 4 is 38.0 Å². The van der Waals surface area contributed by atoms with Gasteiger partial charge >= 0.3 is 0 Å². The van der Waals surface area contributed by atoms with Gasteiger partial charge < -0.3 is 0 Å². The molecule has 1 heterocycles. The summed E-state index contributed by atoms with van der Waals surface area (Å²) < 4.78 is 0. The van der Waals surface area contributed by atoms with Crippen LogP contribution in [-0.4, -0.2) is 9.97 Å². The number of para-hydroxylation sites is 1. The lowest BCUT2D eigenvalue weighted by Crippen LogP contribution is -1.99. The number of allylic oxidation sites excluding steroid dienone is 4. The van der Waals surface area contributed by atoms with Crippen LogP contribution in [0.3, 0.4) is 0 Å². The lowest BCUT2D eigenvalue weighted by Gasteiger charge is -2.14. The SMILES string of the molecule is N#Cc1cc(-c2nc(C3=CCCC=C3)c3ccccc3n2)cc(-c2cc3ccccc3c3ccccc23)c1. The van der Waals surface area contributed by atoms with Gasteiger partial charge in [-0.15, -0.1) is 0 Å². The summed E-state index contributed by atoms with van der Waals surface area (Å²) in [5, 5.41) is 15.8. The second kappa shape index (κ2) is 9.10. The first kappa shape index (κ1) is 22.2. The summed E-state index contributed by atoms with van der Waals surface area (Å²) >= 11 is 0. The molecule has 6 aromatic rings. The summed E-state index contributed by atoms with van der Waals surface area (Å²) in [5.74, 6) is 0.627. The maximum Gasteiger partial charge on any atom is 0.160 e. The van der Waals surface area contributed by atoms with E-state index in [1.807, 2.05) is 30.3 Å². The number of nitrogens with zero attached hydrogens (tertiary/aromatic N) is 3. The normalized spacial score (nSPS) is 13.1. The summed E-state index contributed by atoms with van der Waals surface area (Å²) in [6.45, 7) is 0. The molecule has 0 amide bonds. The van der Waals surface area contributed by atoms with Crippen LogP contribution >= 0.6 is 0 Å². The molecule has 1 aromatic heterocycles. The predicted molar refractivity (Wildman–Crippen MR) is 156 cm³/mol. The van der Waals surface area contributed by atoms with E-state index in [9.17, 15) is 5.26 Å². The zero-order chi connectivity index (χ0) is 25.5. The van der Waals surface area contributed by atoms with E-state index in [1.54, 1.807) is 0 Å². The lowest BCUT2D eigenvalue weighted by molar-refractivity contribution is 1.04. The summed E-state index contributed by atoms with van der Waals surface area (Å²) in [4.78, 5) is 10.0. The van der Waals surface area contributed by atoms with E-state index in [1.165, 1.54) is 16.2 Å². The Morgan fingerprint density at radius 2 is 1.39 bits per heavy atom. The van der Waals surface area contributed by atoms with Gasteiger partial charge in [0.1, 0.15) is 0 Å². The van der Waals surface area contributed by atoms with E-state index in [2.05, 4.69) is 91.0 Å². The molecule has 0 fully saturated rings. The highest BCUT2D eigenvalue weighted by Gasteiger charge is 2.16. The van der Waals surface area contributed by atoms with Gasteiger partial charge in [0, 0.05) is 10.9 Å². The number of rotatable bonds is 3. The Balaban J connectivity index is 1.48. The molecule has 7 rings (SSSR count). The van der Waals surface area contributed by atoms with Crippen molar-refractivity contribution in [3.63, 3.8) is 0 Å². The molecule has 5 aromatic carbocycles. The van der Waals surface area contributed by atoms with Crippen LogP contribution in [-0.2, 0) is 0 Å². The van der Waals surface area contributed by atoms with E-state index < -0.39 is 0 Å². The number of aromatic nitrogens is 2. The van der Waals surface area contributed by atoms with Crippen molar-refractivity contribution < 1.29 is 0 Å². The molecule has 3 heteroatoms. The summed E-state index contributed by atoms with van der Waals surface area (Å²) in [6, 6.07) is 35.6.